The lowest BCUT2D eigenvalue weighted by molar-refractivity contribution is -0.384. The Bertz CT molecular complexity index is 500. The number of likely N-dealkylation sites (tertiary alicyclic amines) is 1. The van der Waals surface area contributed by atoms with Gasteiger partial charge in [0.1, 0.15) is 5.69 Å². The third-order valence-corrected chi connectivity index (χ3v) is 4.14. The van der Waals surface area contributed by atoms with Crippen LogP contribution in [0.15, 0.2) is 0 Å². The fourth-order valence-corrected chi connectivity index (χ4v) is 2.97. The van der Waals surface area contributed by atoms with Gasteiger partial charge in [-0.05, 0) is 31.8 Å². The first-order chi connectivity index (χ1) is 10.1. The van der Waals surface area contributed by atoms with Crippen LogP contribution in [0.3, 0.4) is 0 Å². The highest BCUT2D eigenvalue weighted by molar-refractivity contribution is 5.59. The van der Waals surface area contributed by atoms with Crippen LogP contribution in [0, 0.1) is 16.0 Å². The van der Waals surface area contributed by atoms with Gasteiger partial charge < -0.3 is 10.2 Å². The van der Waals surface area contributed by atoms with Crippen molar-refractivity contribution in [2.45, 2.75) is 33.1 Å². The second-order valence-electron chi connectivity index (χ2n) is 5.70. The van der Waals surface area contributed by atoms with E-state index >= 15 is 0 Å². The van der Waals surface area contributed by atoms with Crippen molar-refractivity contribution >= 4 is 11.5 Å². The summed E-state index contributed by atoms with van der Waals surface area (Å²) in [6.07, 6.45) is 2.64. The maximum absolute atomic E-state index is 11.3. The summed E-state index contributed by atoms with van der Waals surface area (Å²) in [7, 11) is 1.77. The Balaban J connectivity index is 2.07. The van der Waals surface area contributed by atoms with Gasteiger partial charge in [0, 0.05) is 20.1 Å². The van der Waals surface area contributed by atoms with Gasteiger partial charge in [-0.25, -0.2) is 4.68 Å². The molecule has 7 heteroatoms. The smallest absolute Gasteiger partial charge is 0.333 e. The molecule has 0 saturated carbocycles. The van der Waals surface area contributed by atoms with E-state index in [1.807, 2.05) is 6.92 Å². The number of nitrogens with zero attached hydrogens (tertiary/aromatic N) is 4. The van der Waals surface area contributed by atoms with Gasteiger partial charge in [0.15, 0.2) is 0 Å². The SMILES string of the molecule is CCCc1nn(C)c(NCC2CCN(CC)C2)c1[N+](=O)[O-]. The maximum atomic E-state index is 11.3. The molecule has 1 aliphatic heterocycles. The molecule has 2 heterocycles. The largest absolute Gasteiger partial charge is 0.364 e. The van der Waals surface area contributed by atoms with Crippen LogP contribution in [0.4, 0.5) is 11.5 Å². The molecule has 21 heavy (non-hydrogen) atoms. The zero-order valence-corrected chi connectivity index (χ0v) is 13.1. The van der Waals surface area contributed by atoms with Crippen LogP contribution in [-0.2, 0) is 13.5 Å². The van der Waals surface area contributed by atoms with E-state index in [2.05, 4.69) is 22.2 Å². The Labute approximate surface area is 125 Å². The Morgan fingerprint density at radius 2 is 2.24 bits per heavy atom. The average Bonchev–Trinajstić information content (AvgIpc) is 3.01. The number of hydrogen-bond acceptors (Lipinski definition) is 5. The molecule has 2 rings (SSSR count). The van der Waals surface area contributed by atoms with Gasteiger partial charge in [-0.3, -0.25) is 10.1 Å². The molecule has 0 bridgehead atoms. The molecule has 1 fully saturated rings. The topological polar surface area (TPSA) is 76.2 Å². The molecule has 1 N–H and O–H groups in total. The van der Waals surface area contributed by atoms with Crippen molar-refractivity contribution in [2.24, 2.45) is 13.0 Å². The van der Waals surface area contributed by atoms with Gasteiger partial charge in [0.25, 0.3) is 0 Å². The summed E-state index contributed by atoms with van der Waals surface area (Å²) < 4.78 is 1.61. The minimum absolute atomic E-state index is 0.143. The fourth-order valence-electron chi connectivity index (χ4n) is 2.97. The zero-order chi connectivity index (χ0) is 15.4. The highest BCUT2D eigenvalue weighted by Crippen LogP contribution is 2.29. The van der Waals surface area contributed by atoms with Gasteiger partial charge in [-0.1, -0.05) is 20.3 Å². The molecule has 1 saturated heterocycles. The van der Waals surface area contributed by atoms with Gasteiger partial charge >= 0.3 is 5.69 Å². The Kier molecular flexibility index (Phi) is 5.17. The molecule has 0 aromatic carbocycles. The molecule has 1 aromatic rings. The second-order valence-corrected chi connectivity index (χ2v) is 5.70. The third-order valence-electron chi connectivity index (χ3n) is 4.14. The van der Waals surface area contributed by atoms with Crippen LogP contribution in [0.1, 0.15) is 32.4 Å². The summed E-state index contributed by atoms with van der Waals surface area (Å²) in [5.74, 6) is 1.09. The van der Waals surface area contributed by atoms with E-state index in [0.717, 1.165) is 39.0 Å². The number of aromatic nitrogens is 2. The second kappa shape index (κ2) is 6.89. The molecule has 0 amide bonds. The number of nitro groups is 1. The third kappa shape index (κ3) is 3.53. The van der Waals surface area contributed by atoms with Gasteiger partial charge in [-0.15, -0.1) is 0 Å². The van der Waals surface area contributed by atoms with E-state index in [1.54, 1.807) is 11.7 Å². The zero-order valence-electron chi connectivity index (χ0n) is 13.1. The quantitative estimate of drug-likeness (QED) is 0.615. The van der Waals surface area contributed by atoms with Crippen LogP contribution in [0.25, 0.3) is 0 Å². The summed E-state index contributed by atoms with van der Waals surface area (Å²) in [4.78, 5) is 13.4. The Morgan fingerprint density at radius 1 is 1.48 bits per heavy atom. The summed E-state index contributed by atoms with van der Waals surface area (Å²) in [6, 6.07) is 0. The van der Waals surface area contributed by atoms with Crippen LogP contribution < -0.4 is 5.32 Å². The summed E-state index contributed by atoms with van der Waals surface area (Å²) in [6.45, 7) is 8.20. The highest BCUT2D eigenvalue weighted by atomic mass is 16.6. The molecule has 1 atom stereocenters. The molecule has 1 unspecified atom stereocenters. The molecule has 7 nitrogen and oxygen atoms in total. The van der Waals surface area contributed by atoms with Crippen LogP contribution in [0.2, 0.25) is 0 Å². The van der Waals surface area contributed by atoms with E-state index in [9.17, 15) is 10.1 Å². The monoisotopic (exact) mass is 295 g/mol. The van der Waals surface area contributed by atoms with Crippen molar-refractivity contribution in [3.63, 3.8) is 0 Å². The summed E-state index contributed by atoms with van der Waals surface area (Å²) in [5.41, 5.74) is 0.721. The van der Waals surface area contributed by atoms with Gasteiger partial charge in [0.2, 0.25) is 5.82 Å². The van der Waals surface area contributed by atoms with E-state index in [-0.39, 0.29) is 10.6 Å². The molecular formula is C14H25N5O2. The predicted molar refractivity (Wildman–Crippen MR) is 82.6 cm³/mol. The van der Waals surface area contributed by atoms with E-state index < -0.39 is 0 Å². The average molecular weight is 295 g/mol. The molecule has 1 aromatic heterocycles. The van der Waals surface area contributed by atoms with E-state index in [0.29, 0.717) is 23.9 Å². The highest BCUT2D eigenvalue weighted by Gasteiger charge is 2.27. The van der Waals surface area contributed by atoms with Crippen molar-refractivity contribution in [3.8, 4) is 0 Å². The van der Waals surface area contributed by atoms with Gasteiger partial charge in [-0.2, -0.15) is 5.10 Å². The van der Waals surface area contributed by atoms with Crippen molar-refractivity contribution in [1.29, 1.82) is 0 Å². The first kappa shape index (κ1) is 15.8. The Morgan fingerprint density at radius 3 is 2.81 bits per heavy atom. The normalized spacial score (nSPS) is 19.1. The number of rotatable bonds is 7. The van der Waals surface area contributed by atoms with E-state index in [4.69, 9.17) is 0 Å². The standard InChI is InChI=1S/C14H25N5O2/c1-4-6-12-13(19(20)21)14(17(3)16-12)15-9-11-7-8-18(5-2)10-11/h11,15H,4-10H2,1-3H3. The summed E-state index contributed by atoms with van der Waals surface area (Å²) in [5, 5.41) is 18.9. The molecule has 0 spiro atoms. The lowest BCUT2D eigenvalue weighted by Gasteiger charge is -2.14. The van der Waals surface area contributed by atoms with Gasteiger partial charge in [0.05, 0.1) is 4.92 Å². The van der Waals surface area contributed by atoms with Crippen molar-refractivity contribution in [1.82, 2.24) is 14.7 Å². The Hall–Kier alpha value is -1.63. The van der Waals surface area contributed by atoms with Crippen LogP contribution in [-0.4, -0.2) is 45.8 Å². The minimum atomic E-state index is -0.312. The molecular weight excluding hydrogens is 270 g/mol. The molecule has 1 aliphatic rings. The first-order valence-electron chi connectivity index (χ1n) is 7.73. The van der Waals surface area contributed by atoms with Crippen molar-refractivity contribution in [3.05, 3.63) is 15.8 Å². The fraction of sp³-hybridized carbons (Fsp3) is 0.786. The molecule has 118 valence electrons. The van der Waals surface area contributed by atoms with Crippen molar-refractivity contribution < 1.29 is 4.92 Å². The number of hydrogen-bond donors (Lipinski definition) is 1. The predicted octanol–water partition coefficient (Wildman–Crippen LogP) is 2.03. The van der Waals surface area contributed by atoms with Crippen molar-refractivity contribution in [2.75, 3.05) is 31.5 Å². The minimum Gasteiger partial charge on any atom is -0.364 e. The lowest BCUT2D eigenvalue weighted by atomic mass is 10.1. The number of nitrogens with one attached hydrogen (secondary N) is 1. The van der Waals surface area contributed by atoms with Crippen LogP contribution in [0.5, 0.6) is 0 Å². The first-order valence-corrected chi connectivity index (χ1v) is 7.73. The molecule has 0 radical (unpaired) electrons. The lowest BCUT2D eigenvalue weighted by Crippen LogP contribution is -2.23. The number of aryl methyl sites for hydroxylation is 2. The van der Waals surface area contributed by atoms with E-state index in [1.165, 1.54) is 0 Å². The number of anilines is 1. The summed E-state index contributed by atoms with van der Waals surface area (Å²) >= 11 is 0. The van der Waals surface area contributed by atoms with Crippen LogP contribution >= 0.6 is 0 Å². The molecule has 0 aliphatic carbocycles. The maximum Gasteiger partial charge on any atom is 0.333 e.